The Hall–Kier alpha value is -3.78. The Kier molecular flexibility index (Phi) is 6.49. The van der Waals surface area contributed by atoms with Gasteiger partial charge in [0.25, 0.3) is 5.91 Å². The summed E-state index contributed by atoms with van der Waals surface area (Å²) in [5, 5.41) is 2.72. The summed E-state index contributed by atoms with van der Waals surface area (Å²) in [5.41, 5.74) is 1.18. The van der Waals surface area contributed by atoms with E-state index in [2.05, 4.69) is 20.2 Å². The maximum Gasteiger partial charge on any atom is 0.263 e. The van der Waals surface area contributed by atoms with Crippen LogP contribution in [0.4, 0.5) is 11.6 Å². The van der Waals surface area contributed by atoms with Gasteiger partial charge in [-0.3, -0.25) is 9.59 Å². The largest absolute Gasteiger partial charge is 0.484 e. The molecule has 4 rings (SSSR count). The van der Waals surface area contributed by atoms with Crippen molar-refractivity contribution in [2.45, 2.75) is 0 Å². The molecular weight excluding hydrogens is 396 g/mol. The number of nitrogens with zero attached hydrogens (tertiary/aromatic N) is 3. The van der Waals surface area contributed by atoms with Crippen LogP contribution < -0.4 is 15.0 Å². The standard InChI is InChI=1S/C23H22N4O4/c28-22(26-20-14-21(25-16-24-20)27-10-12-30-13-11-27)15-31-19-8-6-18(7-9-19)23(29)17-4-2-1-3-5-17/h1-9,14,16H,10-13,15H2,(H,24,25,26,28). The quantitative estimate of drug-likeness (QED) is 0.590. The minimum Gasteiger partial charge on any atom is -0.484 e. The smallest absolute Gasteiger partial charge is 0.263 e. The van der Waals surface area contributed by atoms with Gasteiger partial charge in [0.05, 0.1) is 13.2 Å². The Labute approximate surface area is 179 Å². The number of carbonyl (C=O) groups is 2. The molecule has 158 valence electrons. The van der Waals surface area contributed by atoms with Crippen LogP contribution in [0.25, 0.3) is 0 Å². The van der Waals surface area contributed by atoms with Gasteiger partial charge in [-0.05, 0) is 24.3 Å². The lowest BCUT2D eigenvalue weighted by Gasteiger charge is -2.27. The first-order valence-corrected chi connectivity index (χ1v) is 9.96. The molecule has 0 spiro atoms. The molecule has 8 nitrogen and oxygen atoms in total. The van der Waals surface area contributed by atoms with E-state index in [4.69, 9.17) is 9.47 Å². The van der Waals surface area contributed by atoms with E-state index in [1.54, 1.807) is 42.5 Å². The summed E-state index contributed by atoms with van der Waals surface area (Å²) >= 11 is 0. The van der Waals surface area contributed by atoms with Gasteiger partial charge in [0.15, 0.2) is 12.4 Å². The second kappa shape index (κ2) is 9.82. The molecule has 2 heterocycles. The number of hydrogen-bond donors (Lipinski definition) is 1. The van der Waals surface area contributed by atoms with Gasteiger partial charge in [0.2, 0.25) is 0 Å². The van der Waals surface area contributed by atoms with E-state index in [0.29, 0.717) is 35.9 Å². The van der Waals surface area contributed by atoms with Crippen LogP contribution in [-0.4, -0.2) is 54.6 Å². The number of rotatable bonds is 7. The van der Waals surface area contributed by atoms with Crippen LogP contribution in [0, 0.1) is 0 Å². The number of ether oxygens (including phenoxy) is 2. The highest BCUT2D eigenvalue weighted by Gasteiger charge is 2.14. The van der Waals surface area contributed by atoms with Crippen molar-refractivity contribution in [3.8, 4) is 5.75 Å². The summed E-state index contributed by atoms with van der Waals surface area (Å²) in [6.45, 7) is 2.61. The minimum atomic E-state index is -0.337. The molecule has 0 aliphatic carbocycles. The molecule has 1 amide bonds. The SMILES string of the molecule is O=C(COc1ccc(C(=O)c2ccccc2)cc1)Nc1cc(N2CCOCC2)ncn1. The molecule has 1 aliphatic rings. The summed E-state index contributed by atoms with van der Waals surface area (Å²) in [6.07, 6.45) is 1.42. The highest BCUT2D eigenvalue weighted by atomic mass is 16.5. The van der Waals surface area contributed by atoms with Gasteiger partial charge in [-0.15, -0.1) is 0 Å². The molecule has 31 heavy (non-hydrogen) atoms. The van der Waals surface area contributed by atoms with Gasteiger partial charge in [0, 0.05) is 30.3 Å². The maximum atomic E-state index is 12.4. The highest BCUT2D eigenvalue weighted by molar-refractivity contribution is 6.09. The zero-order chi connectivity index (χ0) is 21.5. The number of aromatic nitrogens is 2. The number of amides is 1. The Bertz CT molecular complexity index is 1030. The monoisotopic (exact) mass is 418 g/mol. The summed E-state index contributed by atoms with van der Waals surface area (Å²) < 4.78 is 10.9. The third-order valence-electron chi connectivity index (χ3n) is 4.78. The van der Waals surface area contributed by atoms with E-state index in [0.717, 1.165) is 18.9 Å². The molecule has 0 bridgehead atoms. The van der Waals surface area contributed by atoms with Gasteiger partial charge < -0.3 is 19.7 Å². The fourth-order valence-corrected chi connectivity index (χ4v) is 3.17. The highest BCUT2D eigenvalue weighted by Crippen LogP contribution is 2.17. The van der Waals surface area contributed by atoms with E-state index in [-0.39, 0.29) is 18.3 Å². The normalized spacial score (nSPS) is 13.5. The number of nitrogens with one attached hydrogen (secondary N) is 1. The Morgan fingerprint density at radius 3 is 2.42 bits per heavy atom. The topological polar surface area (TPSA) is 93.7 Å². The second-order valence-corrected chi connectivity index (χ2v) is 6.92. The summed E-state index contributed by atoms with van der Waals surface area (Å²) in [4.78, 5) is 35.1. The number of carbonyl (C=O) groups excluding carboxylic acids is 2. The summed E-state index contributed by atoms with van der Waals surface area (Å²) in [6, 6.07) is 17.5. The molecular formula is C23H22N4O4. The van der Waals surface area contributed by atoms with Crippen LogP contribution in [0.3, 0.4) is 0 Å². The summed E-state index contributed by atoms with van der Waals surface area (Å²) in [5.74, 6) is 1.25. The van der Waals surface area contributed by atoms with E-state index in [9.17, 15) is 9.59 Å². The van der Waals surface area contributed by atoms with Crippen LogP contribution in [0.2, 0.25) is 0 Å². The van der Waals surface area contributed by atoms with Crippen molar-refractivity contribution in [1.29, 1.82) is 0 Å². The van der Waals surface area contributed by atoms with E-state index in [1.165, 1.54) is 6.33 Å². The van der Waals surface area contributed by atoms with Crippen LogP contribution >= 0.6 is 0 Å². The second-order valence-electron chi connectivity index (χ2n) is 6.92. The molecule has 3 aromatic rings. The number of ketones is 1. The molecule has 0 atom stereocenters. The molecule has 1 N–H and O–H groups in total. The first-order chi connectivity index (χ1) is 15.2. The van der Waals surface area contributed by atoms with Gasteiger partial charge in [-0.25, -0.2) is 9.97 Å². The molecule has 2 aromatic carbocycles. The zero-order valence-electron chi connectivity index (χ0n) is 16.9. The van der Waals surface area contributed by atoms with Crippen LogP contribution in [0.15, 0.2) is 67.0 Å². The van der Waals surface area contributed by atoms with E-state index in [1.807, 2.05) is 18.2 Å². The van der Waals surface area contributed by atoms with Crippen molar-refractivity contribution in [2.75, 3.05) is 43.1 Å². The molecule has 1 aliphatic heterocycles. The lowest BCUT2D eigenvalue weighted by molar-refractivity contribution is -0.118. The van der Waals surface area contributed by atoms with Crippen molar-refractivity contribution in [3.63, 3.8) is 0 Å². The average molecular weight is 418 g/mol. The lowest BCUT2D eigenvalue weighted by Crippen LogP contribution is -2.36. The summed E-state index contributed by atoms with van der Waals surface area (Å²) in [7, 11) is 0. The maximum absolute atomic E-state index is 12.4. The number of benzene rings is 2. The molecule has 0 radical (unpaired) electrons. The Morgan fingerprint density at radius 1 is 0.968 bits per heavy atom. The Balaban J connectivity index is 1.30. The van der Waals surface area contributed by atoms with E-state index < -0.39 is 0 Å². The molecule has 1 saturated heterocycles. The number of morpholine rings is 1. The van der Waals surface area contributed by atoms with Crippen molar-refractivity contribution in [2.24, 2.45) is 0 Å². The number of hydrogen-bond acceptors (Lipinski definition) is 7. The average Bonchev–Trinajstić information content (AvgIpc) is 2.84. The lowest BCUT2D eigenvalue weighted by atomic mass is 10.0. The third-order valence-corrected chi connectivity index (χ3v) is 4.78. The van der Waals surface area contributed by atoms with Crippen LogP contribution in [0.5, 0.6) is 5.75 Å². The van der Waals surface area contributed by atoms with Gasteiger partial charge in [-0.2, -0.15) is 0 Å². The predicted octanol–water partition coefficient (Wildman–Crippen LogP) is 2.56. The van der Waals surface area contributed by atoms with Crippen LogP contribution in [0.1, 0.15) is 15.9 Å². The first-order valence-electron chi connectivity index (χ1n) is 9.96. The molecule has 8 heteroatoms. The number of anilines is 2. The van der Waals surface area contributed by atoms with Gasteiger partial charge in [0.1, 0.15) is 23.7 Å². The third kappa shape index (κ3) is 5.43. The van der Waals surface area contributed by atoms with Crippen LogP contribution in [-0.2, 0) is 9.53 Å². The van der Waals surface area contributed by atoms with Crippen molar-refractivity contribution in [3.05, 3.63) is 78.1 Å². The van der Waals surface area contributed by atoms with Crippen molar-refractivity contribution >= 4 is 23.3 Å². The predicted molar refractivity (Wildman–Crippen MR) is 116 cm³/mol. The Morgan fingerprint density at radius 2 is 1.68 bits per heavy atom. The molecule has 1 fully saturated rings. The molecule has 0 unspecified atom stereocenters. The fraction of sp³-hybridized carbons (Fsp3) is 0.217. The molecule has 1 aromatic heterocycles. The first kappa shape index (κ1) is 20.5. The van der Waals surface area contributed by atoms with Gasteiger partial charge >= 0.3 is 0 Å². The van der Waals surface area contributed by atoms with E-state index >= 15 is 0 Å². The zero-order valence-corrected chi connectivity index (χ0v) is 16.9. The molecule has 0 saturated carbocycles. The van der Waals surface area contributed by atoms with Crippen molar-refractivity contribution in [1.82, 2.24) is 9.97 Å². The fourth-order valence-electron chi connectivity index (χ4n) is 3.17. The van der Waals surface area contributed by atoms with Gasteiger partial charge in [-0.1, -0.05) is 30.3 Å². The minimum absolute atomic E-state index is 0.0651. The van der Waals surface area contributed by atoms with Crippen molar-refractivity contribution < 1.29 is 19.1 Å².